The maximum absolute atomic E-state index is 12.8. The van der Waals surface area contributed by atoms with Gasteiger partial charge in [0.1, 0.15) is 9.71 Å². The van der Waals surface area contributed by atoms with Crippen LogP contribution < -0.4 is 5.73 Å². The molecule has 2 heterocycles. The summed E-state index contributed by atoms with van der Waals surface area (Å²) in [5.74, 6) is 0.0180. The zero-order chi connectivity index (χ0) is 15.7. The van der Waals surface area contributed by atoms with Gasteiger partial charge < -0.3 is 10.6 Å². The Bertz CT molecular complexity index is 676. The van der Waals surface area contributed by atoms with Crippen LogP contribution in [0.4, 0.5) is 5.69 Å². The quantitative estimate of drug-likeness (QED) is 0.935. The molecule has 0 aromatic carbocycles. The number of carbonyl (C=O) groups is 1. The third-order valence-electron chi connectivity index (χ3n) is 3.57. The molecule has 4 nitrogen and oxygen atoms in total. The summed E-state index contributed by atoms with van der Waals surface area (Å²) < 4.78 is 0. The van der Waals surface area contributed by atoms with E-state index in [2.05, 4.69) is 11.9 Å². The summed E-state index contributed by atoms with van der Waals surface area (Å²) in [6, 6.07) is 2.17. The number of thiophene rings is 1. The second kappa shape index (κ2) is 6.02. The first-order valence-corrected chi connectivity index (χ1v) is 8.15. The molecule has 1 amide bonds. The molecule has 0 aliphatic heterocycles. The van der Waals surface area contributed by atoms with Gasteiger partial charge in [0.2, 0.25) is 0 Å². The highest BCUT2D eigenvalue weighted by Crippen LogP contribution is 2.35. The van der Waals surface area contributed by atoms with Crippen LogP contribution in [0, 0.1) is 13.8 Å². The number of hydrogen-bond acceptors (Lipinski definition) is 4. The molecule has 0 aliphatic carbocycles. The molecule has 21 heavy (non-hydrogen) atoms. The number of carbonyl (C=O) groups excluding carboxylic acids is 1. The Morgan fingerprint density at radius 2 is 2.10 bits per heavy atom. The number of nitrogens with two attached hydrogens (primary N) is 1. The molecule has 114 valence electrons. The number of anilines is 1. The number of hydrogen-bond donors (Lipinski definition) is 1. The highest BCUT2D eigenvalue weighted by atomic mass is 32.1. The summed E-state index contributed by atoms with van der Waals surface area (Å²) in [7, 11) is 0. The molecule has 0 saturated carbocycles. The smallest absolute Gasteiger partial charge is 0.266 e. The lowest BCUT2D eigenvalue weighted by Crippen LogP contribution is -2.37. The van der Waals surface area contributed by atoms with Crippen molar-refractivity contribution in [2.75, 3.05) is 12.3 Å². The minimum absolute atomic E-state index is 0.0180. The average molecular weight is 305 g/mol. The van der Waals surface area contributed by atoms with Gasteiger partial charge in [-0.2, -0.15) is 0 Å². The molecule has 2 rings (SSSR count). The molecule has 0 radical (unpaired) electrons. The van der Waals surface area contributed by atoms with Crippen LogP contribution in [-0.2, 0) is 0 Å². The van der Waals surface area contributed by atoms with Crippen LogP contribution in [0.25, 0.3) is 10.2 Å². The topological polar surface area (TPSA) is 59.2 Å². The van der Waals surface area contributed by atoms with E-state index in [1.165, 1.54) is 11.3 Å². The highest BCUT2D eigenvalue weighted by Gasteiger charge is 2.24. The number of amides is 1. The van der Waals surface area contributed by atoms with E-state index in [1.54, 1.807) is 0 Å². The van der Waals surface area contributed by atoms with Crippen molar-refractivity contribution in [2.45, 2.75) is 47.1 Å². The minimum Gasteiger partial charge on any atom is -0.397 e. The van der Waals surface area contributed by atoms with Crippen molar-refractivity contribution < 1.29 is 4.79 Å². The second-order valence-electron chi connectivity index (χ2n) is 5.70. The summed E-state index contributed by atoms with van der Waals surface area (Å²) >= 11 is 1.40. The Hall–Kier alpha value is -1.62. The molecule has 0 unspecified atom stereocenters. The summed E-state index contributed by atoms with van der Waals surface area (Å²) in [5, 5.41) is 0.925. The molecule has 2 aromatic rings. The molecule has 0 fully saturated rings. The van der Waals surface area contributed by atoms with Crippen molar-refractivity contribution in [2.24, 2.45) is 0 Å². The van der Waals surface area contributed by atoms with Gasteiger partial charge in [-0.1, -0.05) is 6.92 Å². The van der Waals surface area contributed by atoms with Crippen LogP contribution in [0.1, 0.15) is 48.1 Å². The Morgan fingerprint density at radius 3 is 2.67 bits per heavy atom. The summed E-state index contributed by atoms with van der Waals surface area (Å²) in [6.45, 7) is 10.9. The fourth-order valence-electron chi connectivity index (χ4n) is 2.59. The molecule has 0 aliphatic rings. The standard InChI is InChI=1S/C16H23N3OS/c1-6-7-19(9(2)3)16(20)14-13(17)12-10(4)8-11(5)18-15(12)21-14/h8-9H,6-7,17H2,1-5H3. The first-order chi connectivity index (χ1) is 9.86. The van der Waals surface area contributed by atoms with Crippen LogP contribution in [0.3, 0.4) is 0 Å². The van der Waals surface area contributed by atoms with Gasteiger partial charge in [0.25, 0.3) is 5.91 Å². The van der Waals surface area contributed by atoms with E-state index in [0.29, 0.717) is 10.6 Å². The summed E-state index contributed by atoms with van der Waals surface area (Å²) in [5.41, 5.74) is 8.86. The van der Waals surface area contributed by atoms with Crippen molar-refractivity contribution in [1.29, 1.82) is 0 Å². The molecule has 5 heteroatoms. The van der Waals surface area contributed by atoms with Gasteiger partial charge in [-0.05, 0) is 45.7 Å². The van der Waals surface area contributed by atoms with Gasteiger partial charge in [0.15, 0.2) is 0 Å². The fourth-order valence-corrected chi connectivity index (χ4v) is 3.77. The zero-order valence-electron chi connectivity index (χ0n) is 13.4. The lowest BCUT2D eigenvalue weighted by atomic mass is 10.1. The van der Waals surface area contributed by atoms with Crippen molar-refractivity contribution >= 4 is 33.1 Å². The molecule has 0 saturated heterocycles. The second-order valence-corrected chi connectivity index (χ2v) is 6.70. The minimum atomic E-state index is 0.0180. The molecule has 2 aromatic heterocycles. The van der Waals surface area contributed by atoms with Crippen molar-refractivity contribution in [1.82, 2.24) is 9.88 Å². The zero-order valence-corrected chi connectivity index (χ0v) is 14.2. The molecule has 0 atom stereocenters. The first-order valence-electron chi connectivity index (χ1n) is 7.34. The van der Waals surface area contributed by atoms with Gasteiger partial charge in [0, 0.05) is 23.7 Å². The maximum Gasteiger partial charge on any atom is 0.266 e. The van der Waals surface area contributed by atoms with E-state index in [1.807, 2.05) is 38.7 Å². The maximum atomic E-state index is 12.8. The Morgan fingerprint density at radius 1 is 1.43 bits per heavy atom. The number of fused-ring (bicyclic) bond motifs is 1. The highest BCUT2D eigenvalue weighted by molar-refractivity contribution is 7.21. The molecule has 2 N–H and O–H groups in total. The monoisotopic (exact) mass is 305 g/mol. The van der Waals surface area contributed by atoms with Gasteiger partial charge >= 0.3 is 0 Å². The molecule has 0 spiro atoms. The SMILES string of the molecule is CCCN(C(=O)c1sc2nc(C)cc(C)c2c1N)C(C)C. The van der Waals surface area contributed by atoms with Crippen molar-refractivity contribution in [3.63, 3.8) is 0 Å². The van der Waals surface area contributed by atoms with E-state index in [0.717, 1.165) is 34.4 Å². The predicted octanol–water partition coefficient (Wildman–Crippen LogP) is 3.76. The molecular formula is C16H23N3OS. The van der Waals surface area contributed by atoms with Crippen molar-refractivity contribution in [3.8, 4) is 0 Å². The Balaban J connectivity index is 2.54. The fraction of sp³-hybridized carbons (Fsp3) is 0.500. The third kappa shape index (κ3) is 2.88. The first kappa shape index (κ1) is 15.8. The normalized spacial score (nSPS) is 11.3. The van der Waals surface area contributed by atoms with E-state index >= 15 is 0 Å². The number of aromatic nitrogens is 1. The van der Waals surface area contributed by atoms with Gasteiger partial charge in [-0.3, -0.25) is 4.79 Å². The number of nitrogen functional groups attached to an aromatic ring is 1. The number of rotatable bonds is 4. The van der Waals surface area contributed by atoms with E-state index in [4.69, 9.17) is 5.73 Å². The number of pyridine rings is 1. The lowest BCUT2D eigenvalue weighted by Gasteiger charge is -2.25. The van der Waals surface area contributed by atoms with Crippen LogP contribution in [0.2, 0.25) is 0 Å². The van der Waals surface area contributed by atoms with E-state index in [-0.39, 0.29) is 11.9 Å². The molecular weight excluding hydrogens is 282 g/mol. The lowest BCUT2D eigenvalue weighted by molar-refractivity contribution is 0.0712. The molecule has 0 bridgehead atoms. The van der Waals surface area contributed by atoms with E-state index in [9.17, 15) is 4.79 Å². The summed E-state index contributed by atoms with van der Waals surface area (Å²) in [4.78, 5) is 20.7. The van der Waals surface area contributed by atoms with Crippen LogP contribution >= 0.6 is 11.3 Å². The Labute approximate surface area is 130 Å². The predicted molar refractivity (Wildman–Crippen MR) is 90.0 cm³/mol. The Kier molecular flexibility index (Phi) is 4.52. The van der Waals surface area contributed by atoms with Gasteiger partial charge in [-0.15, -0.1) is 11.3 Å². The van der Waals surface area contributed by atoms with Crippen LogP contribution in [0.5, 0.6) is 0 Å². The van der Waals surface area contributed by atoms with Crippen LogP contribution in [0.15, 0.2) is 6.07 Å². The van der Waals surface area contributed by atoms with Crippen LogP contribution in [-0.4, -0.2) is 28.4 Å². The van der Waals surface area contributed by atoms with Gasteiger partial charge in [0.05, 0.1) is 5.69 Å². The van der Waals surface area contributed by atoms with Crippen molar-refractivity contribution in [3.05, 3.63) is 22.2 Å². The van der Waals surface area contributed by atoms with E-state index < -0.39 is 0 Å². The largest absolute Gasteiger partial charge is 0.397 e. The number of aryl methyl sites for hydroxylation is 2. The number of nitrogens with zero attached hydrogens (tertiary/aromatic N) is 2. The van der Waals surface area contributed by atoms with Gasteiger partial charge in [-0.25, -0.2) is 4.98 Å². The average Bonchev–Trinajstić information content (AvgIpc) is 2.72. The summed E-state index contributed by atoms with van der Waals surface area (Å²) in [6.07, 6.45) is 0.936. The third-order valence-corrected chi connectivity index (χ3v) is 4.65.